The fourth-order valence-corrected chi connectivity index (χ4v) is 3.12. The largest absolute Gasteiger partial charge is 0.480 e. The number of aliphatic carboxylic acids is 1. The maximum Gasteiger partial charge on any atom is 0.317 e. The Hall–Kier alpha value is -1.45. The first-order valence-corrected chi connectivity index (χ1v) is 6.79. The lowest BCUT2D eigenvalue weighted by molar-refractivity contribution is -0.147. The van der Waals surface area contributed by atoms with Gasteiger partial charge in [-0.2, -0.15) is 0 Å². The summed E-state index contributed by atoms with van der Waals surface area (Å²) < 4.78 is 0. The van der Waals surface area contributed by atoms with Crippen molar-refractivity contribution in [2.75, 3.05) is 0 Å². The molecule has 0 aliphatic heterocycles. The number of hydrogen-bond donors (Lipinski definition) is 1. The molecule has 0 aromatic carbocycles. The minimum Gasteiger partial charge on any atom is -0.480 e. The van der Waals surface area contributed by atoms with Crippen molar-refractivity contribution in [2.24, 2.45) is 0 Å². The molecule has 0 amide bonds. The molecule has 1 N–H and O–H groups in total. The van der Waals surface area contributed by atoms with E-state index in [1.165, 1.54) is 25.7 Å². The zero-order valence-electron chi connectivity index (χ0n) is 10.4. The molecule has 2 saturated carbocycles. The lowest BCUT2D eigenvalue weighted by Crippen LogP contribution is -2.44. The number of carbonyl (C=O) groups is 1. The number of hydrogen-bond acceptors (Lipinski definition) is 3. The van der Waals surface area contributed by atoms with Crippen molar-refractivity contribution in [3.63, 3.8) is 0 Å². The Labute approximate surface area is 106 Å². The van der Waals surface area contributed by atoms with E-state index in [-0.39, 0.29) is 0 Å². The number of aromatic nitrogens is 2. The summed E-state index contributed by atoms with van der Waals surface area (Å²) in [6.07, 6.45) is 8.92. The summed E-state index contributed by atoms with van der Waals surface area (Å²) in [5.74, 6) is 0.278. The fourth-order valence-electron chi connectivity index (χ4n) is 3.12. The normalized spacial score (nSPS) is 22.7. The van der Waals surface area contributed by atoms with E-state index in [9.17, 15) is 9.90 Å². The van der Waals surface area contributed by atoms with E-state index in [1.807, 2.05) is 6.07 Å². The molecule has 4 nitrogen and oxygen atoms in total. The number of nitrogens with zero attached hydrogens (tertiary/aromatic N) is 2. The molecule has 0 radical (unpaired) electrons. The maximum absolute atomic E-state index is 11.5. The zero-order valence-corrected chi connectivity index (χ0v) is 10.4. The van der Waals surface area contributed by atoms with E-state index >= 15 is 0 Å². The molecule has 3 rings (SSSR count). The third kappa shape index (κ3) is 1.71. The standard InChI is InChI=1S/C14H18N2O2/c17-13(18)14(7-3-8-14)12-15-9-6-11(16-12)10-4-1-2-5-10/h6,9-10H,1-5,7-8H2,(H,17,18). The van der Waals surface area contributed by atoms with Crippen molar-refractivity contribution in [2.45, 2.75) is 56.3 Å². The summed E-state index contributed by atoms with van der Waals surface area (Å²) in [6, 6.07) is 1.95. The second-order valence-electron chi connectivity index (χ2n) is 5.53. The first-order chi connectivity index (χ1) is 8.72. The highest BCUT2D eigenvalue weighted by atomic mass is 16.4. The van der Waals surface area contributed by atoms with Crippen molar-refractivity contribution >= 4 is 5.97 Å². The molecular weight excluding hydrogens is 228 g/mol. The number of rotatable bonds is 3. The van der Waals surface area contributed by atoms with Crippen LogP contribution in [0.5, 0.6) is 0 Å². The van der Waals surface area contributed by atoms with Gasteiger partial charge in [0.1, 0.15) is 11.2 Å². The summed E-state index contributed by atoms with van der Waals surface area (Å²) in [6.45, 7) is 0. The summed E-state index contributed by atoms with van der Waals surface area (Å²) >= 11 is 0. The van der Waals surface area contributed by atoms with E-state index in [0.717, 1.165) is 12.1 Å². The molecule has 0 bridgehead atoms. The van der Waals surface area contributed by atoms with Gasteiger partial charge in [-0.05, 0) is 31.7 Å². The molecule has 18 heavy (non-hydrogen) atoms. The zero-order chi connectivity index (χ0) is 12.6. The van der Waals surface area contributed by atoms with Gasteiger partial charge in [0.05, 0.1) is 0 Å². The van der Waals surface area contributed by atoms with Crippen LogP contribution in [-0.2, 0) is 10.2 Å². The van der Waals surface area contributed by atoms with Crippen LogP contribution in [0, 0.1) is 0 Å². The average Bonchev–Trinajstić information content (AvgIpc) is 2.80. The highest BCUT2D eigenvalue weighted by molar-refractivity contribution is 5.81. The number of carboxylic acids is 1. The molecule has 0 atom stereocenters. The van der Waals surface area contributed by atoms with Gasteiger partial charge in [0.25, 0.3) is 0 Å². The van der Waals surface area contributed by atoms with Crippen molar-refractivity contribution in [3.05, 3.63) is 23.8 Å². The first-order valence-electron chi connectivity index (χ1n) is 6.79. The molecule has 4 heteroatoms. The summed E-state index contributed by atoms with van der Waals surface area (Å²) in [7, 11) is 0. The van der Waals surface area contributed by atoms with Gasteiger partial charge in [0.15, 0.2) is 0 Å². The van der Waals surface area contributed by atoms with Crippen molar-refractivity contribution in [1.82, 2.24) is 9.97 Å². The quantitative estimate of drug-likeness (QED) is 0.890. The molecule has 0 unspecified atom stereocenters. The molecule has 2 fully saturated rings. The third-order valence-electron chi connectivity index (χ3n) is 4.50. The topological polar surface area (TPSA) is 63.1 Å². The SMILES string of the molecule is O=C(O)C1(c2nccc(C3CCCC3)n2)CCC1. The minimum absolute atomic E-state index is 0.512. The monoisotopic (exact) mass is 246 g/mol. The van der Waals surface area contributed by atoms with E-state index in [0.29, 0.717) is 24.6 Å². The molecule has 2 aliphatic carbocycles. The van der Waals surface area contributed by atoms with Gasteiger partial charge in [0.2, 0.25) is 0 Å². The van der Waals surface area contributed by atoms with Crippen LogP contribution in [-0.4, -0.2) is 21.0 Å². The molecular formula is C14H18N2O2. The second-order valence-corrected chi connectivity index (χ2v) is 5.53. The molecule has 1 aromatic rings. The van der Waals surface area contributed by atoms with Gasteiger partial charge >= 0.3 is 5.97 Å². The molecule has 2 aliphatic rings. The Bertz CT molecular complexity index is 463. The lowest BCUT2D eigenvalue weighted by atomic mass is 9.68. The molecule has 0 saturated heterocycles. The Morgan fingerprint density at radius 2 is 2.00 bits per heavy atom. The van der Waals surface area contributed by atoms with Crippen LogP contribution in [0.2, 0.25) is 0 Å². The smallest absolute Gasteiger partial charge is 0.317 e. The van der Waals surface area contributed by atoms with Crippen LogP contribution in [0.3, 0.4) is 0 Å². The first kappa shape index (κ1) is 11.6. The van der Waals surface area contributed by atoms with Gasteiger partial charge in [-0.1, -0.05) is 19.3 Å². The van der Waals surface area contributed by atoms with Crippen molar-refractivity contribution < 1.29 is 9.90 Å². The van der Waals surface area contributed by atoms with Gasteiger partial charge in [-0.3, -0.25) is 4.79 Å². The highest BCUT2D eigenvalue weighted by Crippen LogP contribution is 2.43. The minimum atomic E-state index is -0.797. The summed E-state index contributed by atoms with van der Waals surface area (Å²) in [4.78, 5) is 20.3. The predicted octanol–water partition coefficient (Wildman–Crippen LogP) is 2.64. The predicted molar refractivity (Wildman–Crippen MR) is 66.4 cm³/mol. The van der Waals surface area contributed by atoms with E-state index in [1.54, 1.807) is 6.20 Å². The average molecular weight is 246 g/mol. The Balaban J connectivity index is 1.92. The van der Waals surface area contributed by atoms with Crippen molar-refractivity contribution in [1.29, 1.82) is 0 Å². The van der Waals surface area contributed by atoms with Crippen LogP contribution < -0.4 is 0 Å². The van der Waals surface area contributed by atoms with Crippen LogP contribution in [0.1, 0.15) is 62.4 Å². The van der Waals surface area contributed by atoms with E-state index in [4.69, 9.17) is 0 Å². The van der Waals surface area contributed by atoms with Gasteiger partial charge < -0.3 is 5.11 Å². The van der Waals surface area contributed by atoms with Gasteiger partial charge in [-0.15, -0.1) is 0 Å². The summed E-state index contributed by atoms with van der Waals surface area (Å²) in [5, 5.41) is 9.41. The molecule has 1 aromatic heterocycles. The molecule has 96 valence electrons. The van der Waals surface area contributed by atoms with Gasteiger partial charge in [-0.25, -0.2) is 9.97 Å². The van der Waals surface area contributed by atoms with Crippen LogP contribution in [0.25, 0.3) is 0 Å². The van der Waals surface area contributed by atoms with Crippen molar-refractivity contribution in [3.8, 4) is 0 Å². The molecule has 1 heterocycles. The number of carboxylic acid groups (broad SMARTS) is 1. The molecule has 0 spiro atoms. The Morgan fingerprint density at radius 1 is 1.28 bits per heavy atom. The lowest BCUT2D eigenvalue weighted by Gasteiger charge is -2.36. The summed E-state index contributed by atoms with van der Waals surface area (Å²) in [5.41, 5.74) is 0.249. The Kier molecular flexibility index (Phi) is 2.80. The van der Waals surface area contributed by atoms with E-state index < -0.39 is 11.4 Å². The fraction of sp³-hybridized carbons (Fsp3) is 0.643. The Morgan fingerprint density at radius 3 is 2.56 bits per heavy atom. The van der Waals surface area contributed by atoms with Gasteiger partial charge in [0, 0.05) is 17.8 Å². The third-order valence-corrected chi connectivity index (χ3v) is 4.50. The maximum atomic E-state index is 11.5. The highest BCUT2D eigenvalue weighted by Gasteiger charge is 2.48. The van der Waals surface area contributed by atoms with Crippen LogP contribution in [0.15, 0.2) is 12.3 Å². The van der Waals surface area contributed by atoms with Crippen LogP contribution >= 0.6 is 0 Å². The van der Waals surface area contributed by atoms with Crippen LogP contribution in [0.4, 0.5) is 0 Å². The second kappa shape index (κ2) is 4.34. The van der Waals surface area contributed by atoms with E-state index in [2.05, 4.69) is 9.97 Å².